The molecular weight excluding hydrogens is 182 g/mol. The van der Waals surface area contributed by atoms with E-state index in [4.69, 9.17) is 0 Å². The van der Waals surface area contributed by atoms with Crippen LogP contribution in [0, 0.1) is 11.8 Å². The molecule has 0 saturated heterocycles. The zero-order valence-corrected chi connectivity index (χ0v) is 8.00. The Bertz CT molecular complexity index is 276. The first-order valence-electron chi connectivity index (χ1n) is 5.08. The standard InChI is InChI=1S/C12H14F2/c13-12(14)11-7-10(8-11)6-9-4-2-1-3-5-9/h1-5,10-12H,6-8H2. The Balaban J connectivity index is 1.80. The lowest BCUT2D eigenvalue weighted by Gasteiger charge is -2.34. The van der Waals surface area contributed by atoms with E-state index in [1.165, 1.54) is 5.56 Å². The van der Waals surface area contributed by atoms with Crippen molar-refractivity contribution in [1.29, 1.82) is 0 Å². The minimum absolute atomic E-state index is 0.330. The van der Waals surface area contributed by atoms with Crippen molar-refractivity contribution in [2.75, 3.05) is 0 Å². The van der Waals surface area contributed by atoms with Gasteiger partial charge in [-0.05, 0) is 30.7 Å². The predicted octanol–water partition coefficient (Wildman–Crippen LogP) is 3.52. The number of alkyl halides is 2. The summed E-state index contributed by atoms with van der Waals surface area (Å²) in [6, 6.07) is 10.1. The molecule has 0 atom stereocenters. The maximum Gasteiger partial charge on any atom is 0.241 e. The minimum Gasteiger partial charge on any atom is -0.210 e. The topological polar surface area (TPSA) is 0 Å². The molecule has 1 aliphatic rings. The van der Waals surface area contributed by atoms with Crippen LogP contribution in [0.15, 0.2) is 30.3 Å². The van der Waals surface area contributed by atoms with Gasteiger partial charge in [-0.15, -0.1) is 0 Å². The van der Waals surface area contributed by atoms with E-state index in [-0.39, 0.29) is 5.92 Å². The van der Waals surface area contributed by atoms with Gasteiger partial charge < -0.3 is 0 Å². The molecule has 1 aliphatic carbocycles. The molecule has 1 aromatic carbocycles. The molecule has 2 heteroatoms. The molecule has 0 aliphatic heterocycles. The molecule has 1 aromatic rings. The van der Waals surface area contributed by atoms with Crippen LogP contribution >= 0.6 is 0 Å². The summed E-state index contributed by atoms with van der Waals surface area (Å²) in [5.74, 6) is 0.153. The maximum atomic E-state index is 12.2. The van der Waals surface area contributed by atoms with Crippen LogP contribution in [0.4, 0.5) is 8.78 Å². The highest BCUT2D eigenvalue weighted by atomic mass is 19.3. The molecule has 0 spiro atoms. The van der Waals surface area contributed by atoms with Crippen molar-refractivity contribution >= 4 is 0 Å². The molecule has 0 aromatic heterocycles. The van der Waals surface area contributed by atoms with E-state index in [9.17, 15) is 8.78 Å². The number of halogens is 2. The molecule has 0 N–H and O–H groups in total. The van der Waals surface area contributed by atoms with Gasteiger partial charge in [0, 0.05) is 5.92 Å². The molecule has 0 nitrogen and oxygen atoms in total. The quantitative estimate of drug-likeness (QED) is 0.693. The van der Waals surface area contributed by atoms with Crippen molar-refractivity contribution in [3.05, 3.63) is 35.9 Å². The summed E-state index contributed by atoms with van der Waals surface area (Å²) in [5.41, 5.74) is 1.27. The Labute approximate surface area is 82.9 Å². The van der Waals surface area contributed by atoms with Gasteiger partial charge in [0.25, 0.3) is 0 Å². The summed E-state index contributed by atoms with van der Waals surface area (Å²) in [4.78, 5) is 0. The zero-order valence-electron chi connectivity index (χ0n) is 8.00. The van der Waals surface area contributed by atoms with Gasteiger partial charge in [0.2, 0.25) is 6.43 Å². The van der Waals surface area contributed by atoms with E-state index >= 15 is 0 Å². The summed E-state index contributed by atoms with van der Waals surface area (Å²) < 4.78 is 24.4. The van der Waals surface area contributed by atoms with Crippen LogP contribution in [0.1, 0.15) is 18.4 Å². The van der Waals surface area contributed by atoms with Crippen molar-refractivity contribution in [3.8, 4) is 0 Å². The normalized spacial score (nSPS) is 26.2. The lowest BCUT2D eigenvalue weighted by molar-refractivity contribution is 0.00285. The second-order valence-corrected chi connectivity index (χ2v) is 4.12. The van der Waals surface area contributed by atoms with Gasteiger partial charge >= 0.3 is 0 Å². The van der Waals surface area contributed by atoms with Crippen molar-refractivity contribution in [2.45, 2.75) is 25.7 Å². The molecule has 14 heavy (non-hydrogen) atoms. The van der Waals surface area contributed by atoms with Gasteiger partial charge in [-0.1, -0.05) is 30.3 Å². The monoisotopic (exact) mass is 196 g/mol. The second kappa shape index (κ2) is 4.07. The SMILES string of the molecule is FC(F)C1CC(Cc2ccccc2)C1. The predicted molar refractivity (Wildman–Crippen MR) is 52.4 cm³/mol. The van der Waals surface area contributed by atoms with Crippen LogP contribution in [0.25, 0.3) is 0 Å². The van der Waals surface area contributed by atoms with Gasteiger partial charge in [-0.25, -0.2) is 8.78 Å². The highest BCUT2D eigenvalue weighted by molar-refractivity contribution is 5.15. The first-order chi connectivity index (χ1) is 6.75. The Hall–Kier alpha value is -0.920. The Morgan fingerprint density at radius 1 is 1.14 bits per heavy atom. The summed E-state index contributed by atoms with van der Waals surface area (Å²) in [7, 11) is 0. The highest BCUT2D eigenvalue weighted by Gasteiger charge is 2.35. The fourth-order valence-electron chi connectivity index (χ4n) is 2.11. The van der Waals surface area contributed by atoms with Crippen molar-refractivity contribution in [3.63, 3.8) is 0 Å². The molecule has 0 bridgehead atoms. The van der Waals surface area contributed by atoms with Crippen LogP contribution < -0.4 is 0 Å². The highest BCUT2D eigenvalue weighted by Crippen LogP contribution is 2.39. The molecule has 0 heterocycles. The summed E-state index contributed by atoms with van der Waals surface area (Å²) in [6.07, 6.45) is 0.255. The zero-order chi connectivity index (χ0) is 9.97. The average Bonchev–Trinajstić information content (AvgIpc) is 2.12. The number of benzene rings is 1. The van der Waals surface area contributed by atoms with Gasteiger partial charge in [0.1, 0.15) is 0 Å². The Morgan fingerprint density at radius 2 is 1.79 bits per heavy atom. The van der Waals surface area contributed by atoms with Crippen LogP contribution in [-0.4, -0.2) is 6.43 Å². The number of hydrogen-bond acceptors (Lipinski definition) is 0. The minimum atomic E-state index is -2.11. The van der Waals surface area contributed by atoms with E-state index in [1.54, 1.807) is 0 Å². The fraction of sp³-hybridized carbons (Fsp3) is 0.500. The maximum absolute atomic E-state index is 12.2. The molecule has 0 unspecified atom stereocenters. The van der Waals surface area contributed by atoms with Crippen molar-refractivity contribution in [1.82, 2.24) is 0 Å². The molecule has 2 rings (SSSR count). The van der Waals surface area contributed by atoms with E-state index < -0.39 is 6.43 Å². The van der Waals surface area contributed by atoms with Gasteiger partial charge in [-0.3, -0.25) is 0 Å². The number of hydrogen-bond donors (Lipinski definition) is 0. The van der Waals surface area contributed by atoms with Gasteiger partial charge in [0.05, 0.1) is 0 Å². The van der Waals surface area contributed by atoms with E-state index in [0.717, 1.165) is 6.42 Å². The van der Waals surface area contributed by atoms with E-state index in [1.807, 2.05) is 18.2 Å². The Kier molecular flexibility index (Phi) is 2.80. The molecular formula is C12H14F2. The summed E-state index contributed by atoms with van der Waals surface area (Å²) in [5, 5.41) is 0. The largest absolute Gasteiger partial charge is 0.241 e. The van der Waals surface area contributed by atoms with Gasteiger partial charge in [0.15, 0.2) is 0 Å². The molecule has 0 amide bonds. The summed E-state index contributed by atoms with van der Waals surface area (Å²) in [6.45, 7) is 0. The number of rotatable bonds is 3. The molecule has 1 fully saturated rings. The molecule has 0 radical (unpaired) electrons. The first-order valence-corrected chi connectivity index (χ1v) is 5.08. The lowest BCUT2D eigenvalue weighted by atomic mass is 9.72. The second-order valence-electron chi connectivity index (χ2n) is 4.12. The Morgan fingerprint density at radius 3 is 2.36 bits per heavy atom. The van der Waals surface area contributed by atoms with Crippen LogP contribution in [-0.2, 0) is 6.42 Å². The lowest BCUT2D eigenvalue weighted by Crippen LogP contribution is -2.30. The summed E-state index contributed by atoms with van der Waals surface area (Å²) >= 11 is 0. The van der Waals surface area contributed by atoms with Crippen LogP contribution in [0.5, 0.6) is 0 Å². The smallest absolute Gasteiger partial charge is 0.210 e. The third-order valence-corrected chi connectivity index (χ3v) is 3.00. The third-order valence-electron chi connectivity index (χ3n) is 3.00. The van der Waals surface area contributed by atoms with E-state index in [0.29, 0.717) is 18.8 Å². The van der Waals surface area contributed by atoms with E-state index in [2.05, 4.69) is 12.1 Å². The molecule has 76 valence electrons. The van der Waals surface area contributed by atoms with Crippen molar-refractivity contribution in [2.24, 2.45) is 11.8 Å². The first kappa shape index (κ1) is 9.63. The van der Waals surface area contributed by atoms with Gasteiger partial charge in [-0.2, -0.15) is 0 Å². The van der Waals surface area contributed by atoms with Crippen molar-refractivity contribution < 1.29 is 8.78 Å². The van der Waals surface area contributed by atoms with Crippen LogP contribution in [0.2, 0.25) is 0 Å². The fourth-order valence-corrected chi connectivity index (χ4v) is 2.11. The van der Waals surface area contributed by atoms with Crippen LogP contribution in [0.3, 0.4) is 0 Å². The third kappa shape index (κ3) is 2.11. The average molecular weight is 196 g/mol. The molecule has 1 saturated carbocycles.